The number of hydrogen-bond donors (Lipinski definition) is 2. The van der Waals surface area contributed by atoms with E-state index in [2.05, 4.69) is 25.3 Å². The molecular formula is C22H26ClFN6O3S. The molecule has 1 heterocycles. The van der Waals surface area contributed by atoms with E-state index in [0.717, 1.165) is 5.56 Å². The molecule has 0 saturated heterocycles. The lowest BCUT2D eigenvalue weighted by Crippen LogP contribution is -2.34. The Hall–Kier alpha value is -2.89. The molecular weight excluding hydrogens is 483 g/mol. The Morgan fingerprint density at radius 3 is 2.56 bits per heavy atom. The van der Waals surface area contributed by atoms with Crippen LogP contribution in [0.5, 0.6) is 0 Å². The molecule has 3 rings (SSSR count). The molecule has 2 aromatic carbocycles. The first-order valence-corrected chi connectivity index (χ1v) is 12.3. The second-order valence-corrected chi connectivity index (χ2v) is 10.4. The van der Waals surface area contributed by atoms with Crippen molar-refractivity contribution >= 4 is 27.5 Å². The smallest absolute Gasteiger partial charge is 0.241 e. The van der Waals surface area contributed by atoms with Crippen molar-refractivity contribution < 1.29 is 17.6 Å². The maximum Gasteiger partial charge on any atom is 0.241 e. The van der Waals surface area contributed by atoms with E-state index in [1.165, 1.54) is 29.2 Å². The Morgan fingerprint density at radius 1 is 1.24 bits per heavy atom. The fraction of sp³-hybridized carbons (Fsp3) is 0.364. The van der Waals surface area contributed by atoms with Gasteiger partial charge in [0, 0.05) is 25.0 Å². The van der Waals surface area contributed by atoms with Crippen molar-refractivity contribution in [3.8, 4) is 0 Å². The molecule has 1 amide bonds. The minimum absolute atomic E-state index is 0.0521. The number of carbonyl (C=O) groups is 1. The second-order valence-electron chi connectivity index (χ2n) is 8.28. The number of aromatic amines is 1. The van der Waals surface area contributed by atoms with E-state index in [9.17, 15) is 17.6 Å². The molecule has 0 saturated carbocycles. The zero-order valence-corrected chi connectivity index (χ0v) is 21.0. The Balaban J connectivity index is 2.07. The third kappa shape index (κ3) is 5.43. The molecule has 2 unspecified atom stereocenters. The van der Waals surface area contributed by atoms with Gasteiger partial charge in [0.2, 0.25) is 15.9 Å². The van der Waals surface area contributed by atoms with Gasteiger partial charge in [0.15, 0.2) is 5.82 Å². The number of H-pyrrole nitrogens is 1. The van der Waals surface area contributed by atoms with Crippen LogP contribution in [-0.4, -0.2) is 53.9 Å². The van der Waals surface area contributed by atoms with Gasteiger partial charge in [0.25, 0.3) is 0 Å². The first-order valence-electron chi connectivity index (χ1n) is 10.4. The zero-order valence-electron chi connectivity index (χ0n) is 19.4. The molecule has 9 nitrogen and oxygen atoms in total. The number of sulfonamides is 1. The minimum Gasteiger partial charge on any atom is -0.349 e. The fourth-order valence-electron chi connectivity index (χ4n) is 3.71. The lowest BCUT2D eigenvalue weighted by atomic mass is 9.88. The summed E-state index contributed by atoms with van der Waals surface area (Å²) >= 11 is 6.08. The molecule has 182 valence electrons. The first-order chi connectivity index (χ1) is 15.9. The number of amides is 1. The van der Waals surface area contributed by atoms with Gasteiger partial charge >= 0.3 is 0 Å². The molecule has 2 atom stereocenters. The van der Waals surface area contributed by atoms with Gasteiger partial charge < -0.3 is 4.90 Å². The van der Waals surface area contributed by atoms with Crippen molar-refractivity contribution in [3.05, 3.63) is 69.2 Å². The van der Waals surface area contributed by atoms with Gasteiger partial charge in [-0.1, -0.05) is 29.8 Å². The Bertz CT molecular complexity index is 1300. The molecule has 0 bridgehead atoms. The van der Waals surface area contributed by atoms with Gasteiger partial charge in [-0.2, -0.15) is 9.94 Å². The molecule has 0 aliphatic rings. The van der Waals surface area contributed by atoms with Crippen LogP contribution in [0.2, 0.25) is 5.02 Å². The highest BCUT2D eigenvalue weighted by Crippen LogP contribution is 2.35. The van der Waals surface area contributed by atoms with E-state index in [1.54, 1.807) is 34.0 Å². The van der Waals surface area contributed by atoms with Crippen molar-refractivity contribution in [2.24, 2.45) is 0 Å². The number of nitrogens with zero attached hydrogens (tertiary/aromatic N) is 4. The van der Waals surface area contributed by atoms with Crippen molar-refractivity contribution in [2.75, 3.05) is 14.1 Å². The Labute approximate surface area is 202 Å². The number of tetrazole rings is 1. The van der Waals surface area contributed by atoms with Crippen LogP contribution in [0.1, 0.15) is 47.0 Å². The lowest BCUT2D eigenvalue weighted by molar-refractivity contribution is -0.128. The summed E-state index contributed by atoms with van der Waals surface area (Å²) in [4.78, 5) is 13.5. The van der Waals surface area contributed by atoms with E-state index in [0.29, 0.717) is 16.1 Å². The maximum atomic E-state index is 14.9. The maximum absolute atomic E-state index is 14.9. The summed E-state index contributed by atoms with van der Waals surface area (Å²) in [6.45, 7) is 5.31. The number of likely N-dealkylation sites (N-methyl/N-ethyl adjacent to an activating group) is 1. The van der Waals surface area contributed by atoms with Crippen molar-refractivity contribution in [3.63, 3.8) is 0 Å². The van der Waals surface area contributed by atoms with Gasteiger partial charge in [-0.15, -0.1) is 10.2 Å². The Kier molecular flexibility index (Phi) is 7.69. The van der Waals surface area contributed by atoms with Gasteiger partial charge in [-0.05, 0) is 60.4 Å². The van der Waals surface area contributed by atoms with Crippen molar-refractivity contribution in [1.29, 1.82) is 0 Å². The molecule has 2 N–H and O–H groups in total. The molecule has 0 aliphatic heterocycles. The highest BCUT2D eigenvalue weighted by molar-refractivity contribution is 7.89. The third-order valence-corrected chi connectivity index (χ3v) is 7.54. The molecule has 0 radical (unpaired) electrons. The topological polar surface area (TPSA) is 121 Å². The number of aryl methyl sites for hydroxylation is 1. The average Bonchev–Trinajstić information content (AvgIpc) is 3.29. The molecule has 12 heteroatoms. The molecule has 0 aliphatic carbocycles. The summed E-state index contributed by atoms with van der Waals surface area (Å²) in [5.74, 6) is -1.39. The van der Waals surface area contributed by atoms with Crippen LogP contribution in [0.3, 0.4) is 0 Å². The minimum atomic E-state index is -4.22. The van der Waals surface area contributed by atoms with Gasteiger partial charge in [-0.25, -0.2) is 12.8 Å². The van der Waals surface area contributed by atoms with Gasteiger partial charge in [-0.3, -0.25) is 4.79 Å². The highest BCUT2D eigenvalue weighted by Gasteiger charge is 2.33. The molecule has 3 aromatic rings. The van der Waals surface area contributed by atoms with Gasteiger partial charge in [0.1, 0.15) is 5.82 Å². The average molecular weight is 509 g/mol. The Morgan fingerprint density at radius 2 is 1.94 bits per heavy atom. The molecule has 0 spiro atoms. The SMILES string of the molecule is Cc1ccc(F)c(C(C)C(NS(=O)(=O)c2ccc(Cl)cc2CC(=O)N(C)C)c2nn[nH]n2)c1C. The van der Waals surface area contributed by atoms with E-state index < -0.39 is 27.8 Å². The number of benzene rings is 2. The van der Waals surface area contributed by atoms with E-state index in [-0.39, 0.29) is 28.6 Å². The van der Waals surface area contributed by atoms with E-state index >= 15 is 0 Å². The van der Waals surface area contributed by atoms with Crippen LogP contribution < -0.4 is 4.72 Å². The number of hydrogen-bond acceptors (Lipinski definition) is 6. The molecule has 34 heavy (non-hydrogen) atoms. The van der Waals surface area contributed by atoms with Crippen LogP contribution >= 0.6 is 11.6 Å². The summed E-state index contributed by atoms with van der Waals surface area (Å²) in [6.07, 6.45) is -0.169. The lowest BCUT2D eigenvalue weighted by Gasteiger charge is -2.25. The van der Waals surface area contributed by atoms with Crippen molar-refractivity contribution in [1.82, 2.24) is 30.2 Å². The summed E-state index contributed by atoms with van der Waals surface area (Å²) in [6, 6.07) is 6.16. The monoisotopic (exact) mass is 508 g/mol. The predicted molar refractivity (Wildman–Crippen MR) is 125 cm³/mol. The number of rotatable bonds is 8. The number of aromatic nitrogens is 4. The summed E-state index contributed by atoms with van der Waals surface area (Å²) in [5.41, 5.74) is 2.14. The molecule has 1 aromatic heterocycles. The summed E-state index contributed by atoms with van der Waals surface area (Å²) in [5, 5.41) is 14.1. The largest absolute Gasteiger partial charge is 0.349 e. The summed E-state index contributed by atoms with van der Waals surface area (Å²) in [7, 11) is -1.07. The van der Waals surface area contributed by atoms with Crippen LogP contribution in [0.25, 0.3) is 0 Å². The normalized spacial score (nSPS) is 13.5. The highest BCUT2D eigenvalue weighted by atomic mass is 35.5. The zero-order chi connectivity index (χ0) is 25.2. The van der Waals surface area contributed by atoms with Crippen LogP contribution in [-0.2, 0) is 21.2 Å². The first kappa shape index (κ1) is 25.7. The number of nitrogens with one attached hydrogen (secondary N) is 2. The van der Waals surface area contributed by atoms with E-state index in [1.807, 2.05) is 6.92 Å². The van der Waals surface area contributed by atoms with Gasteiger partial charge in [0.05, 0.1) is 17.4 Å². The second kappa shape index (κ2) is 10.2. The quantitative estimate of drug-likeness (QED) is 0.482. The summed E-state index contributed by atoms with van der Waals surface area (Å²) < 4.78 is 44.5. The standard InChI is InChI=1S/C22H26ClFN6O3S/c1-12-6-8-17(24)20(13(12)2)14(3)21(22-25-28-29-26-22)27-34(32,33)18-9-7-16(23)10-15(18)11-19(31)30(4)5/h6-10,14,21,27H,11H2,1-5H3,(H,25,26,28,29). The number of halogens is 2. The van der Waals surface area contributed by atoms with Crippen LogP contribution in [0.15, 0.2) is 35.2 Å². The number of carbonyl (C=O) groups excluding carboxylic acids is 1. The van der Waals surface area contributed by atoms with Crippen LogP contribution in [0, 0.1) is 19.7 Å². The predicted octanol–water partition coefficient (Wildman–Crippen LogP) is 3.06. The van der Waals surface area contributed by atoms with E-state index in [4.69, 9.17) is 11.6 Å². The fourth-order valence-corrected chi connectivity index (χ4v) is 5.40. The van der Waals surface area contributed by atoms with Crippen molar-refractivity contribution in [2.45, 2.75) is 44.0 Å². The van der Waals surface area contributed by atoms with Crippen LogP contribution in [0.4, 0.5) is 4.39 Å². The third-order valence-electron chi connectivity index (χ3n) is 5.76. The molecule has 0 fully saturated rings.